The lowest BCUT2D eigenvalue weighted by molar-refractivity contribution is 1.63. The highest BCUT2D eigenvalue weighted by atomic mass is 28.3. The maximum absolute atomic E-state index is 2.66. The molecule has 0 aliphatic rings. The van der Waals surface area contributed by atoms with Gasteiger partial charge in [0.25, 0.3) is 0 Å². The minimum atomic E-state index is -1.84. The molecule has 6 heteroatoms. The first-order chi connectivity index (χ1) is 54.3. The minimum absolute atomic E-state index is 1.22. The topological polar surface area (TPSA) is 0 Å². The molecule has 28 aromatic rings. The van der Waals surface area contributed by atoms with Crippen LogP contribution in [0.3, 0.4) is 0 Å². The lowest BCUT2D eigenvalue weighted by Crippen LogP contribution is -2.34. The molecule has 0 radical (unpaired) electrons. The zero-order chi connectivity index (χ0) is 80.0. The Morgan fingerprint density at radius 3 is 0.298 bits per heavy atom. The van der Waals surface area contributed by atoms with Gasteiger partial charge in [0.05, 0.1) is 48.4 Å². The molecule has 18 bridgehead atoms. The summed E-state index contributed by atoms with van der Waals surface area (Å²) in [7, 11) is -11.0. The molecule has 0 spiro atoms. The number of hydrogen-bond acceptors (Lipinski definition) is 0. The lowest BCUT2D eigenvalue weighted by atomic mass is 9.92. The van der Waals surface area contributed by atoms with Crippen molar-refractivity contribution < 1.29 is 0 Å². The second kappa shape index (κ2) is 30.1. The van der Waals surface area contributed by atoms with Crippen molar-refractivity contribution in [3.8, 4) is 0 Å². The number of benzene rings is 15. The van der Waals surface area contributed by atoms with Gasteiger partial charge in [0.15, 0.2) is 0 Å². The molecule has 114 heavy (non-hydrogen) atoms. The van der Waals surface area contributed by atoms with Crippen molar-refractivity contribution in [2.45, 2.75) is 118 Å². The van der Waals surface area contributed by atoms with Crippen molar-refractivity contribution >= 4 is 244 Å². The van der Waals surface area contributed by atoms with Crippen LogP contribution >= 0.6 is 0 Å². The summed E-state index contributed by atoms with van der Waals surface area (Å²) in [5, 5.41) is 45.5. The second-order valence-electron chi connectivity index (χ2n) is 38.5. The first-order valence-electron chi connectivity index (χ1n) is 41.1. The zero-order valence-corrected chi connectivity index (χ0v) is 76.2. The Morgan fingerprint density at radius 2 is 0.211 bits per heavy atom. The molecule has 0 N–H and O–H groups in total. The largest absolute Gasteiger partial charge is 0.0867 e. The Bertz CT molecular complexity index is 6070. The molecule has 0 nitrogen and oxygen atoms in total. The van der Waals surface area contributed by atoms with Gasteiger partial charge in [0, 0.05) is 0 Å². The third-order valence-corrected chi connectivity index (χ3v) is 29.0. The van der Waals surface area contributed by atoms with Crippen molar-refractivity contribution in [1.82, 2.24) is 0 Å². The molecule has 0 unspecified atom stereocenters. The van der Waals surface area contributed by atoms with E-state index in [1.165, 1.54) is 193 Å². The van der Waals surface area contributed by atoms with Crippen LogP contribution in [0, 0.1) is 0 Å². The van der Waals surface area contributed by atoms with Gasteiger partial charge in [-0.05, 0) is 193 Å². The van der Waals surface area contributed by atoms with E-state index in [-0.39, 0.29) is 0 Å². The van der Waals surface area contributed by atoms with Crippen molar-refractivity contribution in [3.05, 3.63) is 322 Å². The third-order valence-electron chi connectivity index (χ3n) is 22.0. The standard InChI is InChI=1S/C108H108Si6/c1-109(2,3)67-97-73-43-55-79(56-44-73)103-85-31-19-21-33-87(85)105(88-34-22-20-32-86(88)103)81-59-47-75(48-60-81)99(69-111(7,8)9)101(71-113(13,14)15)77-51-63-83(64-52-77)107-93-39-27-29-41-95(93)108(96-42-30-28-40-94(96)107)84-65-53-78(54-66-84)102(72-114(16,17)18)100(70-112(10,11)12)76-49-61-82(62-50-76)106-91-37-25-23-35-89(91)104(90-36-24-26-38-92(90)106)80-57-45-74(46-58-80)98(97)68-110(4,5)6/h19-72H,1-18H3/b97-67+,98-68+,99-69+,100-70+,101-71+,102-72+. The summed E-state index contributed by atoms with van der Waals surface area (Å²) in [5.74, 6) is 0. The zero-order valence-electron chi connectivity index (χ0n) is 70.2. The van der Waals surface area contributed by atoms with Gasteiger partial charge < -0.3 is 0 Å². The van der Waals surface area contributed by atoms with Gasteiger partial charge in [-0.2, -0.15) is 0 Å². The summed E-state index contributed by atoms with van der Waals surface area (Å²) >= 11 is 0. The Kier molecular flexibility index (Phi) is 20.5. The predicted molar refractivity (Wildman–Crippen MR) is 533 cm³/mol. The van der Waals surface area contributed by atoms with E-state index in [1.807, 2.05) is 0 Å². The third kappa shape index (κ3) is 16.0. The van der Waals surface area contributed by atoms with Gasteiger partial charge in [-0.15, -0.1) is 0 Å². The predicted octanol–water partition coefficient (Wildman–Crippen LogP) is 28.0. The van der Waals surface area contributed by atoms with Crippen LogP contribution < -0.4 is 31.3 Å². The fourth-order valence-electron chi connectivity index (χ4n) is 17.6. The first kappa shape index (κ1) is 77.5. The Hall–Kier alpha value is -10.4. The van der Waals surface area contributed by atoms with Gasteiger partial charge >= 0.3 is 0 Å². The average molecular weight is 1570 g/mol. The maximum Gasteiger partial charge on any atom is 0.0695 e. The van der Waals surface area contributed by atoms with Gasteiger partial charge in [0.1, 0.15) is 0 Å². The molecule has 0 heterocycles. The van der Waals surface area contributed by atoms with Gasteiger partial charge in [-0.1, -0.05) is 443 Å². The second-order valence-corrected chi connectivity index (χ2v) is 68.7. The molecule has 28 aromatic carbocycles. The fraction of sp³-hybridized carbons (Fsp3) is 0.167. The highest BCUT2D eigenvalue weighted by Gasteiger charge is 2.20. The molecule has 0 fully saturated rings. The van der Waals surface area contributed by atoms with E-state index in [0.717, 1.165) is 0 Å². The van der Waals surface area contributed by atoms with Gasteiger partial charge in [-0.25, -0.2) is 0 Å². The highest BCUT2D eigenvalue weighted by molar-refractivity contribution is 6.91. The van der Waals surface area contributed by atoms with Crippen molar-refractivity contribution in [3.63, 3.8) is 0 Å². The summed E-state index contributed by atoms with van der Waals surface area (Å²) in [5.41, 5.74) is 16.0. The van der Waals surface area contributed by atoms with E-state index in [9.17, 15) is 0 Å². The molecule has 0 saturated carbocycles. The summed E-state index contributed by atoms with van der Waals surface area (Å²) in [6, 6.07) is 113. The molecule has 0 aromatic heterocycles. The molecule has 0 aliphatic heterocycles. The van der Waals surface area contributed by atoms with Gasteiger partial charge in [0.2, 0.25) is 0 Å². The molecular weight excluding hydrogens is 1470 g/mol. The molecule has 0 amide bonds. The van der Waals surface area contributed by atoms with Crippen molar-refractivity contribution in [2.75, 3.05) is 0 Å². The number of rotatable bonds is 6. The first-order valence-corrected chi connectivity index (χ1v) is 62.6. The smallest absolute Gasteiger partial charge is 0.0695 e. The Morgan fingerprint density at radius 1 is 0.123 bits per heavy atom. The molecule has 28 rings (SSSR count). The van der Waals surface area contributed by atoms with Crippen LogP contribution in [0.4, 0.5) is 0 Å². The SMILES string of the molecule is C[Si](C)(C)/C=c1/c(=C/[Si](C)(C)C)c2ccc(cc2)c2c3ccccc3c(c3ccc(cc3)c(=C\[Si](C)(C)C)/c(=C/[Si](C)(C)C)c3ccc(cc3)c3c4ccccc4c(c4ccc(cc4)c(=C\[Si](C)(C)C)/c(=C/[Si](C)(C)C)c4ccc(cc4)c4c5ccccc5c(c5ccc1cc5)c1ccccc14)c1ccccc13)c1ccccc12. The molecule has 0 aliphatic carbocycles. The van der Waals surface area contributed by atoms with E-state index in [2.05, 4.69) is 443 Å². The lowest BCUT2D eigenvalue weighted by Gasteiger charge is -2.14. The minimum Gasteiger partial charge on any atom is -0.0867 e. The van der Waals surface area contributed by atoms with Crippen LogP contribution in [-0.4, -0.2) is 48.4 Å². The summed E-state index contributed by atoms with van der Waals surface area (Å²) in [6.45, 7) is 44.7. The number of hydrogen-bond donors (Lipinski definition) is 0. The molecule has 0 atom stereocenters. The van der Waals surface area contributed by atoms with Crippen LogP contribution in [0.1, 0.15) is 0 Å². The van der Waals surface area contributed by atoms with Crippen LogP contribution in [0.25, 0.3) is 196 Å². The molecular formula is C108H108Si6. The Labute approximate surface area is 679 Å². The molecule has 0 saturated heterocycles. The monoisotopic (exact) mass is 1570 g/mol. The Balaban J connectivity index is 1.05. The van der Waals surface area contributed by atoms with Crippen LogP contribution in [0.5, 0.6) is 0 Å². The summed E-state index contributed by atoms with van der Waals surface area (Å²) < 4.78 is 0. The summed E-state index contributed by atoms with van der Waals surface area (Å²) in [4.78, 5) is 0. The molecule has 564 valence electrons. The van der Waals surface area contributed by atoms with Crippen molar-refractivity contribution in [1.29, 1.82) is 0 Å². The highest BCUT2D eigenvalue weighted by Crippen LogP contribution is 2.42. The fourth-order valence-corrected chi connectivity index (χ4v) is 24.8. The van der Waals surface area contributed by atoms with Crippen LogP contribution in [0.2, 0.25) is 118 Å². The van der Waals surface area contributed by atoms with E-state index in [4.69, 9.17) is 0 Å². The quantitative estimate of drug-likeness (QED) is 0.115. The van der Waals surface area contributed by atoms with Crippen LogP contribution in [0.15, 0.2) is 291 Å². The van der Waals surface area contributed by atoms with Crippen molar-refractivity contribution in [2.24, 2.45) is 0 Å². The van der Waals surface area contributed by atoms with E-state index >= 15 is 0 Å². The van der Waals surface area contributed by atoms with E-state index in [0.29, 0.717) is 0 Å². The summed E-state index contributed by atoms with van der Waals surface area (Å²) in [6.07, 6.45) is 0. The van der Waals surface area contributed by atoms with Gasteiger partial charge in [-0.3, -0.25) is 0 Å². The van der Waals surface area contributed by atoms with E-state index < -0.39 is 48.4 Å². The normalized spacial score (nSPS) is 13.8. The van der Waals surface area contributed by atoms with E-state index in [1.54, 1.807) is 0 Å². The average Bonchev–Trinajstić information content (AvgIpc) is 0.742. The van der Waals surface area contributed by atoms with Crippen LogP contribution in [-0.2, 0) is 0 Å². The maximum atomic E-state index is 2.66.